The highest BCUT2D eigenvalue weighted by Crippen LogP contribution is 2.17. The molecule has 6 nitrogen and oxygen atoms in total. The Morgan fingerprint density at radius 1 is 1.22 bits per heavy atom. The van der Waals surface area contributed by atoms with E-state index in [1.165, 1.54) is 19.3 Å². The van der Waals surface area contributed by atoms with Crippen LogP contribution in [0.5, 0.6) is 0 Å². The summed E-state index contributed by atoms with van der Waals surface area (Å²) >= 11 is 0. The standard InChI is InChI=1S/C17H22N4O2/c22-17(18-15-9-5-2-6-10-15)23-13-16-12-21(20-19-16)11-14-7-3-1-4-8-14/h1,3-4,7-8,12,15H,2,5-6,9-11,13H2,(H,18,22). The monoisotopic (exact) mass is 314 g/mol. The van der Waals surface area contributed by atoms with Gasteiger partial charge in [0.1, 0.15) is 12.3 Å². The Morgan fingerprint density at radius 3 is 2.78 bits per heavy atom. The summed E-state index contributed by atoms with van der Waals surface area (Å²) in [6.07, 6.45) is 7.15. The van der Waals surface area contributed by atoms with Crippen LogP contribution in [0.4, 0.5) is 4.79 Å². The number of nitrogens with zero attached hydrogens (tertiary/aromatic N) is 3. The second-order valence-electron chi connectivity index (χ2n) is 5.95. The van der Waals surface area contributed by atoms with Crippen LogP contribution in [0.25, 0.3) is 0 Å². The normalized spacial score (nSPS) is 15.3. The third-order valence-corrected chi connectivity index (χ3v) is 4.05. The molecule has 0 aliphatic heterocycles. The molecule has 0 saturated heterocycles. The highest BCUT2D eigenvalue weighted by molar-refractivity contribution is 5.67. The molecule has 1 heterocycles. The molecular weight excluding hydrogens is 292 g/mol. The Bertz CT molecular complexity index is 621. The number of benzene rings is 1. The van der Waals surface area contributed by atoms with Gasteiger partial charge in [-0.3, -0.25) is 0 Å². The third kappa shape index (κ3) is 4.81. The first kappa shape index (κ1) is 15.5. The maximum absolute atomic E-state index is 11.8. The van der Waals surface area contributed by atoms with Gasteiger partial charge in [-0.2, -0.15) is 0 Å². The van der Waals surface area contributed by atoms with Gasteiger partial charge in [0.15, 0.2) is 0 Å². The fraction of sp³-hybridized carbons (Fsp3) is 0.471. The van der Waals surface area contributed by atoms with Crippen molar-refractivity contribution in [2.24, 2.45) is 0 Å². The predicted molar refractivity (Wildman–Crippen MR) is 85.8 cm³/mol. The molecule has 0 atom stereocenters. The zero-order valence-electron chi connectivity index (χ0n) is 13.1. The molecule has 6 heteroatoms. The number of hydrogen-bond acceptors (Lipinski definition) is 4. The summed E-state index contributed by atoms with van der Waals surface area (Å²) in [5.41, 5.74) is 1.81. The van der Waals surface area contributed by atoms with Gasteiger partial charge in [0.05, 0.1) is 12.7 Å². The van der Waals surface area contributed by atoms with Crippen LogP contribution >= 0.6 is 0 Å². The maximum Gasteiger partial charge on any atom is 0.407 e. The van der Waals surface area contributed by atoms with Gasteiger partial charge in [-0.25, -0.2) is 9.48 Å². The smallest absolute Gasteiger partial charge is 0.407 e. The number of carbonyl (C=O) groups is 1. The van der Waals surface area contributed by atoms with E-state index in [4.69, 9.17) is 4.74 Å². The highest BCUT2D eigenvalue weighted by atomic mass is 16.5. The molecule has 3 rings (SSSR count). The van der Waals surface area contributed by atoms with Crippen LogP contribution in [0.15, 0.2) is 36.5 Å². The average molecular weight is 314 g/mol. The van der Waals surface area contributed by atoms with Crippen molar-refractivity contribution in [2.45, 2.75) is 51.3 Å². The molecule has 23 heavy (non-hydrogen) atoms. The van der Waals surface area contributed by atoms with Gasteiger partial charge in [-0.1, -0.05) is 54.8 Å². The number of aromatic nitrogens is 3. The lowest BCUT2D eigenvalue weighted by atomic mass is 9.96. The molecule has 1 amide bonds. The third-order valence-electron chi connectivity index (χ3n) is 4.05. The van der Waals surface area contributed by atoms with Crippen molar-refractivity contribution >= 4 is 6.09 Å². The number of alkyl carbamates (subject to hydrolysis) is 1. The van der Waals surface area contributed by atoms with E-state index < -0.39 is 0 Å². The van der Waals surface area contributed by atoms with Crippen LogP contribution < -0.4 is 5.32 Å². The van der Waals surface area contributed by atoms with Crippen molar-refractivity contribution < 1.29 is 9.53 Å². The molecule has 1 aliphatic carbocycles. The predicted octanol–water partition coefficient (Wildman–Crippen LogP) is 2.89. The van der Waals surface area contributed by atoms with Crippen LogP contribution in [0, 0.1) is 0 Å². The Morgan fingerprint density at radius 2 is 2.00 bits per heavy atom. The number of nitrogens with one attached hydrogen (secondary N) is 1. The fourth-order valence-electron chi connectivity index (χ4n) is 2.85. The van der Waals surface area contributed by atoms with Crippen LogP contribution in [-0.4, -0.2) is 27.1 Å². The number of hydrogen-bond donors (Lipinski definition) is 1. The Kier molecular flexibility index (Phi) is 5.24. The van der Waals surface area contributed by atoms with Crippen LogP contribution in [0.2, 0.25) is 0 Å². The summed E-state index contributed by atoms with van der Waals surface area (Å²) in [6, 6.07) is 10.3. The summed E-state index contributed by atoms with van der Waals surface area (Å²) in [5, 5.41) is 11.0. The highest BCUT2D eigenvalue weighted by Gasteiger charge is 2.16. The second-order valence-corrected chi connectivity index (χ2v) is 5.95. The lowest BCUT2D eigenvalue weighted by Gasteiger charge is -2.22. The van der Waals surface area contributed by atoms with Gasteiger partial charge < -0.3 is 10.1 Å². The molecule has 0 bridgehead atoms. The van der Waals surface area contributed by atoms with E-state index in [1.807, 2.05) is 30.3 Å². The average Bonchev–Trinajstić information content (AvgIpc) is 3.02. The first-order chi connectivity index (χ1) is 11.3. The Labute approximate surface area is 135 Å². The molecule has 0 spiro atoms. The number of rotatable bonds is 5. The summed E-state index contributed by atoms with van der Waals surface area (Å²) in [5.74, 6) is 0. The molecule has 1 aromatic heterocycles. The van der Waals surface area contributed by atoms with Gasteiger partial charge in [-0.15, -0.1) is 5.10 Å². The lowest BCUT2D eigenvalue weighted by Crippen LogP contribution is -2.36. The van der Waals surface area contributed by atoms with Crippen LogP contribution in [0.1, 0.15) is 43.4 Å². The van der Waals surface area contributed by atoms with Gasteiger partial charge in [0, 0.05) is 6.04 Å². The number of amides is 1. The molecular formula is C17H22N4O2. The van der Waals surface area contributed by atoms with E-state index in [-0.39, 0.29) is 18.7 Å². The Balaban J connectivity index is 1.44. The van der Waals surface area contributed by atoms with Gasteiger partial charge in [-0.05, 0) is 18.4 Å². The molecule has 2 aromatic rings. The molecule has 1 aliphatic rings. The van der Waals surface area contributed by atoms with Gasteiger partial charge in [0.2, 0.25) is 0 Å². The first-order valence-electron chi connectivity index (χ1n) is 8.16. The molecule has 1 saturated carbocycles. The van der Waals surface area contributed by atoms with Crippen molar-refractivity contribution in [1.29, 1.82) is 0 Å². The van der Waals surface area contributed by atoms with Crippen molar-refractivity contribution in [2.75, 3.05) is 0 Å². The summed E-state index contributed by atoms with van der Waals surface area (Å²) < 4.78 is 6.97. The minimum atomic E-state index is -0.366. The minimum Gasteiger partial charge on any atom is -0.443 e. The molecule has 1 fully saturated rings. The lowest BCUT2D eigenvalue weighted by molar-refractivity contribution is 0.131. The fourth-order valence-corrected chi connectivity index (χ4v) is 2.85. The molecule has 0 radical (unpaired) electrons. The van der Waals surface area contributed by atoms with E-state index >= 15 is 0 Å². The van der Waals surface area contributed by atoms with E-state index in [2.05, 4.69) is 15.6 Å². The van der Waals surface area contributed by atoms with Crippen molar-refractivity contribution in [3.05, 3.63) is 47.8 Å². The molecule has 122 valence electrons. The van der Waals surface area contributed by atoms with E-state index in [0.717, 1.165) is 18.4 Å². The van der Waals surface area contributed by atoms with Crippen molar-refractivity contribution in [3.63, 3.8) is 0 Å². The summed E-state index contributed by atoms with van der Waals surface area (Å²) in [6.45, 7) is 0.801. The molecule has 0 unspecified atom stereocenters. The Hall–Kier alpha value is -2.37. The van der Waals surface area contributed by atoms with Gasteiger partial charge in [0.25, 0.3) is 0 Å². The van der Waals surface area contributed by atoms with E-state index in [9.17, 15) is 4.79 Å². The number of ether oxygens (including phenoxy) is 1. The topological polar surface area (TPSA) is 69.0 Å². The zero-order valence-corrected chi connectivity index (χ0v) is 13.1. The van der Waals surface area contributed by atoms with Crippen molar-refractivity contribution in [3.8, 4) is 0 Å². The number of carbonyl (C=O) groups excluding carboxylic acids is 1. The zero-order chi connectivity index (χ0) is 15.9. The second kappa shape index (κ2) is 7.76. The van der Waals surface area contributed by atoms with Crippen molar-refractivity contribution in [1.82, 2.24) is 20.3 Å². The van der Waals surface area contributed by atoms with Crippen LogP contribution in [-0.2, 0) is 17.9 Å². The largest absolute Gasteiger partial charge is 0.443 e. The van der Waals surface area contributed by atoms with Crippen LogP contribution in [0.3, 0.4) is 0 Å². The summed E-state index contributed by atoms with van der Waals surface area (Å²) in [7, 11) is 0. The maximum atomic E-state index is 11.8. The SMILES string of the molecule is O=C(NC1CCCCC1)OCc1cn(Cc2ccccc2)nn1. The minimum absolute atomic E-state index is 0.146. The summed E-state index contributed by atoms with van der Waals surface area (Å²) in [4.78, 5) is 11.8. The molecule has 1 aromatic carbocycles. The van der Waals surface area contributed by atoms with Gasteiger partial charge >= 0.3 is 6.09 Å². The quantitative estimate of drug-likeness (QED) is 0.921. The van der Waals surface area contributed by atoms with E-state index in [0.29, 0.717) is 12.2 Å². The molecule has 1 N–H and O–H groups in total. The first-order valence-corrected chi connectivity index (χ1v) is 8.16. The van der Waals surface area contributed by atoms with E-state index in [1.54, 1.807) is 10.9 Å².